The fourth-order valence-electron chi connectivity index (χ4n) is 4.50. The summed E-state index contributed by atoms with van der Waals surface area (Å²) in [5, 5.41) is 2.99. The van der Waals surface area contributed by atoms with Gasteiger partial charge in [0, 0.05) is 6.42 Å². The largest absolute Gasteiger partial charge is 0.444 e. The molecule has 0 aromatic heterocycles. The molecule has 1 heterocycles. The average molecular weight is 426 g/mol. The molecule has 2 atom stereocenters. The van der Waals surface area contributed by atoms with Gasteiger partial charge in [-0.05, 0) is 61.9 Å². The number of hydrogen-bond acceptors (Lipinski definition) is 4. The van der Waals surface area contributed by atoms with Crippen LogP contribution in [0.15, 0.2) is 48.5 Å². The number of carbonyl (C=O) groups is 2. The zero-order chi connectivity index (χ0) is 22.2. The molecule has 1 N–H and O–H groups in total. The minimum Gasteiger partial charge on any atom is -0.444 e. The molecule has 0 spiro atoms. The van der Waals surface area contributed by atoms with Gasteiger partial charge in [0.05, 0.1) is 19.3 Å². The fraction of sp³-hybridized carbons (Fsp3) is 0.440. The van der Waals surface area contributed by atoms with Crippen LogP contribution < -0.4 is 5.32 Å². The van der Waals surface area contributed by atoms with E-state index in [0.29, 0.717) is 19.6 Å². The predicted octanol–water partition coefficient (Wildman–Crippen LogP) is 4.49. The number of Topliss-reactive ketones (excluding diaryl/α,β-unsaturated/α-hetero) is 1. The van der Waals surface area contributed by atoms with Gasteiger partial charge in [-0.15, -0.1) is 0 Å². The molecule has 164 valence electrons. The highest BCUT2D eigenvalue weighted by Gasteiger charge is 2.48. The van der Waals surface area contributed by atoms with Crippen molar-refractivity contribution in [3.8, 4) is 0 Å². The van der Waals surface area contributed by atoms with Crippen molar-refractivity contribution in [2.24, 2.45) is 5.92 Å². The first-order valence-electron chi connectivity index (χ1n) is 10.6. The molecular formula is C25H28FNO4. The molecular weight excluding hydrogens is 397 g/mol. The lowest BCUT2D eigenvalue weighted by Crippen LogP contribution is -2.53. The van der Waals surface area contributed by atoms with Crippen molar-refractivity contribution in [1.82, 2.24) is 5.32 Å². The monoisotopic (exact) mass is 425 g/mol. The van der Waals surface area contributed by atoms with Gasteiger partial charge in [-0.2, -0.15) is 0 Å². The molecule has 1 aliphatic heterocycles. The number of fused-ring (bicyclic) bond motifs is 1. The van der Waals surface area contributed by atoms with E-state index in [1.54, 1.807) is 12.1 Å². The van der Waals surface area contributed by atoms with Gasteiger partial charge in [0.2, 0.25) is 0 Å². The standard InChI is InChI=1S/C25H28FNO4/c1-24(2,3)31-23(29)27-22-17(12-16-6-4-5-7-20(16)22)13-21(28)25(14-30-15-25)18-8-10-19(26)11-9-18/h4-11,17,22H,12-15H2,1-3H3,(H,27,29)/t17-,22-/m1/s1. The summed E-state index contributed by atoms with van der Waals surface area (Å²) in [5.41, 5.74) is 1.56. The van der Waals surface area contributed by atoms with Gasteiger partial charge in [0.15, 0.2) is 0 Å². The van der Waals surface area contributed by atoms with Crippen LogP contribution in [0.1, 0.15) is 49.9 Å². The third-order valence-electron chi connectivity index (χ3n) is 6.09. The zero-order valence-electron chi connectivity index (χ0n) is 18.1. The number of nitrogens with one attached hydrogen (secondary N) is 1. The smallest absolute Gasteiger partial charge is 0.408 e. The summed E-state index contributed by atoms with van der Waals surface area (Å²) in [7, 11) is 0. The summed E-state index contributed by atoms with van der Waals surface area (Å²) in [6, 6.07) is 13.7. The van der Waals surface area contributed by atoms with Gasteiger partial charge in [0.25, 0.3) is 0 Å². The molecule has 2 aliphatic rings. The van der Waals surface area contributed by atoms with Crippen molar-refractivity contribution in [3.05, 3.63) is 71.0 Å². The number of alkyl carbamates (subject to hydrolysis) is 1. The maximum absolute atomic E-state index is 13.5. The van der Waals surface area contributed by atoms with Crippen LogP contribution in [0.4, 0.5) is 9.18 Å². The fourth-order valence-corrected chi connectivity index (χ4v) is 4.50. The maximum Gasteiger partial charge on any atom is 0.408 e. The van der Waals surface area contributed by atoms with Gasteiger partial charge in [-0.1, -0.05) is 36.4 Å². The van der Waals surface area contributed by atoms with Crippen molar-refractivity contribution < 1.29 is 23.5 Å². The Bertz CT molecular complexity index is 976. The van der Waals surface area contributed by atoms with Crippen LogP contribution in [-0.4, -0.2) is 30.7 Å². The summed E-state index contributed by atoms with van der Waals surface area (Å²) < 4.78 is 24.3. The molecule has 1 aliphatic carbocycles. The molecule has 0 saturated carbocycles. The SMILES string of the molecule is CC(C)(C)OC(=O)N[C@H]1c2ccccc2C[C@@H]1CC(=O)C1(c2ccc(F)cc2)COC1. The number of ketones is 1. The minimum atomic E-state index is -0.751. The Morgan fingerprint density at radius 1 is 1.13 bits per heavy atom. The van der Waals surface area contributed by atoms with E-state index in [4.69, 9.17) is 9.47 Å². The van der Waals surface area contributed by atoms with Gasteiger partial charge in [-0.25, -0.2) is 9.18 Å². The average Bonchev–Trinajstić information content (AvgIpc) is 2.98. The van der Waals surface area contributed by atoms with Crippen LogP contribution in [0.25, 0.3) is 0 Å². The van der Waals surface area contributed by atoms with E-state index in [1.165, 1.54) is 12.1 Å². The normalized spacial score (nSPS) is 21.7. The number of rotatable bonds is 5. The number of halogens is 1. The highest BCUT2D eigenvalue weighted by atomic mass is 19.1. The molecule has 6 heteroatoms. The van der Waals surface area contributed by atoms with Crippen molar-refractivity contribution in [2.75, 3.05) is 13.2 Å². The number of ether oxygens (including phenoxy) is 2. The third kappa shape index (κ3) is 4.35. The number of amides is 1. The van der Waals surface area contributed by atoms with E-state index < -0.39 is 17.1 Å². The maximum atomic E-state index is 13.5. The molecule has 0 unspecified atom stereocenters. The third-order valence-corrected chi connectivity index (χ3v) is 6.09. The van der Waals surface area contributed by atoms with E-state index >= 15 is 0 Å². The van der Waals surface area contributed by atoms with Crippen LogP contribution >= 0.6 is 0 Å². The van der Waals surface area contributed by atoms with E-state index in [0.717, 1.165) is 16.7 Å². The highest BCUT2D eigenvalue weighted by molar-refractivity contribution is 5.92. The Labute approximate surface area is 181 Å². The van der Waals surface area contributed by atoms with Crippen LogP contribution in [-0.2, 0) is 26.1 Å². The van der Waals surface area contributed by atoms with Crippen molar-refractivity contribution in [2.45, 2.75) is 50.7 Å². The van der Waals surface area contributed by atoms with Crippen LogP contribution in [0.5, 0.6) is 0 Å². The first kappa shape index (κ1) is 21.5. The minimum absolute atomic E-state index is 0.0548. The molecule has 1 fully saturated rings. The Morgan fingerprint density at radius 2 is 1.81 bits per heavy atom. The van der Waals surface area contributed by atoms with Crippen molar-refractivity contribution in [1.29, 1.82) is 0 Å². The summed E-state index contributed by atoms with van der Waals surface area (Å²) in [6.45, 7) is 6.04. The summed E-state index contributed by atoms with van der Waals surface area (Å²) in [5.74, 6) is -0.367. The van der Waals surface area contributed by atoms with Gasteiger partial charge in [-0.3, -0.25) is 4.79 Å². The van der Waals surface area contributed by atoms with E-state index in [9.17, 15) is 14.0 Å². The topological polar surface area (TPSA) is 64.6 Å². The van der Waals surface area contributed by atoms with Gasteiger partial charge < -0.3 is 14.8 Å². The lowest BCUT2D eigenvalue weighted by Gasteiger charge is -2.41. The highest BCUT2D eigenvalue weighted by Crippen LogP contribution is 2.42. The summed E-state index contributed by atoms with van der Waals surface area (Å²) in [6.07, 6.45) is 0.491. The molecule has 2 aromatic rings. The van der Waals surface area contributed by atoms with Crippen LogP contribution in [0.2, 0.25) is 0 Å². The molecule has 1 amide bonds. The second-order valence-electron chi connectivity index (χ2n) is 9.50. The van der Waals surface area contributed by atoms with E-state index in [1.807, 2.05) is 45.0 Å². The number of benzene rings is 2. The first-order valence-corrected chi connectivity index (χ1v) is 10.6. The van der Waals surface area contributed by atoms with Crippen LogP contribution in [0, 0.1) is 11.7 Å². The number of hydrogen-bond donors (Lipinski definition) is 1. The van der Waals surface area contributed by atoms with Crippen molar-refractivity contribution >= 4 is 11.9 Å². The Balaban J connectivity index is 1.55. The van der Waals surface area contributed by atoms with Crippen LogP contribution in [0.3, 0.4) is 0 Å². The lowest BCUT2D eigenvalue weighted by atomic mass is 9.72. The molecule has 1 saturated heterocycles. The van der Waals surface area contributed by atoms with Crippen molar-refractivity contribution in [3.63, 3.8) is 0 Å². The van der Waals surface area contributed by atoms with E-state index in [2.05, 4.69) is 5.32 Å². The second kappa shape index (κ2) is 8.08. The van der Waals surface area contributed by atoms with Gasteiger partial charge in [0.1, 0.15) is 22.6 Å². The summed E-state index contributed by atoms with van der Waals surface area (Å²) >= 11 is 0. The quantitative estimate of drug-likeness (QED) is 0.767. The lowest BCUT2D eigenvalue weighted by molar-refractivity contribution is -0.144. The predicted molar refractivity (Wildman–Crippen MR) is 114 cm³/mol. The summed E-state index contributed by atoms with van der Waals surface area (Å²) in [4.78, 5) is 26.0. The first-order chi connectivity index (χ1) is 14.7. The van der Waals surface area contributed by atoms with Gasteiger partial charge >= 0.3 is 6.09 Å². The Morgan fingerprint density at radius 3 is 2.42 bits per heavy atom. The molecule has 31 heavy (non-hydrogen) atoms. The Hall–Kier alpha value is -2.73. The molecule has 5 nitrogen and oxygen atoms in total. The molecule has 4 rings (SSSR count). The molecule has 2 aromatic carbocycles. The number of carbonyl (C=O) groups excluding carboxylic acids is 2. The Kier molecular flexibility index (Phi) is 5.60. The zero-order valence-corrected chi connectivity index (χ0v) is 18.1. The molecule has 0 radical (unpaired) electrons. The second-order valence-corrected chi connectivity index (χ2v) is 9.50. The molecule has 0 bridgehead atoms. The van der Waals surface area contributed by atoms with E-state index in [-0.39, 0.29) is 30.0 Å².